The van der Waals surface area contributed by atoms with Crippen molar-refractivity contribution in [1.82, 2.24) is 0 Å². The third kappa shape index (κ3) is 4.69. The second-order valence-corrected chi connectivity index (χ2v) is 6.01. The molecule has 1 heterocycles. The maximum absolute atomic E-state index is 12.2. The summed E-state index contributed by atoms with van der Waals surface area (Å²) in [6.45, 7) is 1.53. The molecule has 1 aromatic heterocycles. The van der Waals surface area contributed by atoms with Crippen LogP contribution in [-0.4, -0.2) is 30.6 Å². The van der Waals surface area contributed by atoms with E-state index >= 15 is 0 Å². The monoisotopic (exact) mass is 332 g/mol. The maximum atomic E-state index is 12.2. The number of hydrogen-bond donors (Lipinski definition) is 1. The Balaban J connectivity index is 2.14. The minimum Gasteiger partial charge on any atom is -0.493 e. The molecule has 0 aliphatic rings. The second-order valence-electron chi connectivity index (χ2n) is 4.69. The average molecular weight is 332 g/mol. The van der Waals surface area contributed by atoms with Crippen LogP contribution in [0.15, 0.2) is 36.4 Å². The fourth-order valence-electron chi connectivity index (χ4n) is 1.88. The van der Waals surface area contributed by atoms with Gasteiger partial charge in [-0.3, -0.25) is 4.79 Å². The van der Waals surface area contributed by atoms with Crippen LogP contribution in [-0.2, 0) is 4.79 Å². The summed E-state index contributed by atoms with van der Waals surface area (Å²) < 4.78 is 10.2. The SMILES string of the molecule is COc1cc(C(=O)/C=C/c2ccc(C)s2)ccc1OCC(=O)O. The van der Waals surface area contributed by atoms with Gasteiger partial charge in [0.05, 0.1) is 7.11 Å². The molecule has 2 aromatic rings. The predicted octanol–water partition coefficient (Wildman–Crippen LogP) is 3.42. The van der Waals surface area contributed by atoms with E-state index in [9.17, 15) is 9.59 Å². The zero-order valence-corrected chi connectivity index (χ0v) is 13.6. The number of benzene rings is 1. The van der Waals surface area contributed by atoms with Crippen molar-refractivity contribution in [3.63, 3.8) is 0 Å². The first kappa shape index (κ1) is 16.8. The lowest BCUT2D eigenvalue weighted by atomic mass is 10.1. The molecule has 5 nitrogen and oxygen atoms in total. The Morgan fingerprint density at radius 2 is 2.00 bits per heavy atom. The van der Waals surface area contributed by atoms with E-state index in [4.69, 9.17) is 14.6 Å². The fourth-order valence-corrected chi connectivity index (χ4v) is 2.66. The van der Waals surface area contributed by atoms with Crippen molar-refractivity contribution in [3.05, 3.63) is 51.7 Å². The van der Waals surface area contributed by atoms with Gasteiger partial charge in [0, 0.05) is 15.3 Å². The molecule has 0 atom stereocenters. The number of ether oxygens (including phenoxy) is 2. The summed E-state index contributed by atoms with van der Waals surface area (Å²) in [5.74, 6) is -0.651. The van der Waals surface area contributed by atoms with Crippen LogP contribution in [0.1, 0.15) is 20.1 Å². The summed E-state index contributed by atoms with van der Waals surface area (Å²) in [6.07, 6.45) is 3.26. The fraction of sp³-hybridized carbons (Fsp3) is 0.176. The van der Waals surface area contributed by atoms with Crippen LogP contribution in [0.4, 0.5) is 0 Å². The summed E-state index contributed by atoms with van der Waals surface area (Å²) in [7, 11) is 1.43. The van der Waals surface area contributed by atoms with Crippen molar-refractivity contribution in [1.29, 1.82) is 0 Å². The summed E-state index contributed by atoms with van der Waals surface area (Å²) in [5, 5.41) is 8.63. The van der Waals surface area contributed by atoms with Crippen LogP contribution in [0.2, 0.25) is 0 Å². The predicted molar refractivity (Wildman–Crippen MR) is 88.5 cm³/mol. The van der Waals surface area contributed by atoms with Crippen LogP contribution >= 0.6 is 11.3 Å². The molecule has 0 fully saturated rings. The molecule has 120 valence electrons. The molecule has 1 aromatic carbocycles. The molecule has 0 amide bonds. The van der Waals surface area contributed by atoms with Crippen LogP contribution in [0.3, 0.4) is 0 Å². The standard InChI is InChI=1S/C17H16O5S/c1-11-3-5-13(23-11)6-7-14(18)12-4-8-15(16(9-12)21-2)22-10-17(19)20/h3-9H,10H2,1-2H3,(H,19,20)/b7-6+. The zero-order valence-electron chi connectivity index (χ0n) is 12.7. The normalized spacial score (nSPS) is 10.7. The molecule has 0 saturated carbocycles. The van der Waals surface area contributed by atoms with Crippen LogP contribution in [0, 0.1) is 6.92 Å². The molecule has 0 bridgehead atoms. The number of hydrogen-bond acceptors (Lipinski definition) is 5. The summed E-state index contributed by atoms with van der Waals surface area (Å²) >= 11 is 1.60. The Kier molecular flexibility index (Phi) is 5.54. The molecule has 1 N–H and O–H groups in total. The third-order valence-corrected chi connectivity index (χ3v) is 3.93. The molecular formula is C17H16O5S. The van der Waals surface area contributed by atoms with E-state index in [1.807, 2.05) is 19.1 Å². The number of aliphatic carboxylic acids is 1. The van der Waals surface area contributed by atoms with Crippen LogP contribution < -0.4 is 9.47 Å². The van der Waals surface area contributed by atoms with Gasteiger partial charge in [-0.15, -0.1) is 11.3 Å². The van der Waals surface area contributed by atoms with Crippen molar-refractivity contribution < 1.29 is 24.2 Å². The summed E-state index contributed by atoms with van der Waals surface area (Å²) in [6, 6.07) is 8.58. The number of methoxy groups -OCH3 is 1. The minimum absolute atomic E-state index is 0.167. The highest BCUT2D eigenvalue weighted by molar-refractivity contribution is 7.12. The topological polar surface area (TPSA) is 72.8 Å². The lowest BCUT2D eigenvalue weighted by Gasteiger charge is -2.09. The zero-order chi connectivity index (χ0) is 16.8. The Morgan fingerprint density at radius 3 is 2.61 bits per heavy atom. The Bertz CT molecular complexity index is 745. The average Bonchev–Trinajstić information content (AvgIpc) is 2.95. The van der Waals surface area contributed by atoms with Gasteiger partial charge in [0.2, 0.25) is 0 Å². The number of carboxylic acids is 1. The number of carbonyl (C=O) groups is 2. The maximum Gasteiger partial charge on any atom is 0.341 e. The molecule has 0 saturated heterocycles. The highest BCUT2D eigenvalue weighted by Gasteiger charge is 2.10. The number of carbonyl (C=O) groups excluding carboxylic acids is 1. The Hall–Kier alpha value is -2.60. The third-order valence-electron chi connectivity index (χ3n) is 2.96. The molecule has 0 spiro atoms. The first-order valence-electron chi connectivity index (χ1n) is 6.81. The van der Waals surface area contributed by atoms with E-state index in [1.54, 1.807) is 23.5 Å². The first-order chi connectivity index (χ1) is 11.0. The quantitative estimate of drug-likeness (QED) is 0.621. The van der Waals surface area contributed by atoms with Crippen molar-refractivity contribution in [2.75, 3.05) is 13.7 Å². The largest absolute Gasteiger partial charge is 0.493 e. The van der Waals surface area contributed by atoms with Gasteiger partial charge in [-0.05, 0) is 49.4 Å². The molecule has 0 aliphatic heterocycles. The Morgan fingerprint density at radius 1 is 1.22 bits per heavy atom. The highest BCUT2D eigenvalue weighted by atomic mass is 32.1. The molecule has 23 heavy (non-hydrogen) atoms. The number of carboxylic acid groups (broad SMARTS) is 1. The van der Waals surface area contributed by atoms with E-state index in [2.05, 4.69) is 0 Å². The van der Waals surface area contributed by atoms with Gasteiger partial charge < -0.3 is 14.6 Å². The second kappa shape index (κ2) is 7.60. The van der Waals surface area contributed by atoms with Gasteiger partial charge in [0.25, 0.3) is 0 Å². The molecule has 6 heteroatoms. The van der Waals surface area contributed by atoms with Crippen molar-refractivity contribution in [3.8, 4) is 11.5 Å². The van der Waals surface area contributed by atoms with Crippen molar-refractivity contribution in [2.24, 2.45) is 0 Å². The van der Waals surface area contributed by atoms with Crippen molar-refractivity contribution >= 4 is 29.2 Å². The molecule has 0 aliphatic carbocycles. The van der Waals surface area contributed by atoms with E-state index in [-0.39, 0.29) is 11.5 Å². The number of aryl methyl sites for hydroxylation is 1. The van der Waals surface area contributed by atoms with Crippen LogP contribution in [0.5, 0.6) is 11.5 Å². The lowest BCUT2D eigenvalue weighted by molar-refractivity contribution is -0.139. The van der Waals surface area contributed by atoms with Gasteiger partial charge >= 0.3 is 5.97 Å². The van der Waals surface area contributed by atoms with Crippen molar-refractivity contribution in [2.45, 2.75) is 6.92 Å². The Labute approximate surface area is 137 Å². The van der Waals surface area contributed by atoms with E-state index in [1.165, 1.54) is 30.2 Å². The molecule has 2 rings (SSSR count). The van der Waals surface area contributed by atoms with Gasteiger partial charge in [0.1, 0.15) is 0 Å². The minimum atomic E-state index is -1.08. The smallest absolute Gasteiger partial charge is 0.341 e. The number of allylic oxidation sites excluding steroid dienone is 1. The molecule has 0 unspecified atom stereocenters. The lowest BCUT2D eigenvalue weighted by Crippen LogP contribution is -2.10. The van der Waals surface area contributed by atoms with Gasteiger partial charge in [-0.1, -0.05) is 0 Å². The van der Waals surface area contributed by atoms with Gasteiger partial charge in [0.15, 0.2) is 23.9 Å². The van der Waals surface area contributed by atoms with E-state index in [0.717, 1.165) is 4.88 Å². The van der Waals surface area contributed by atoms with E-state index < -0.39 is 12.6 Å². The van der Waals surface area contributed by atoms with Crippen LogP contribution in [0.25, 0.3) is 6.08 Å². The van der Waals surface area contributed by atoms with E-state index in [0.29, 0.717) is 11.3 Å². The highest BCUT2D eigenvalue weighted by Crippen LogP contribution is 2.28. The number of ketones is 1. The summed E-state index contributed by atoms with van der Waals surface area (Å²) in [5.41, 5.74) is 0.439. The number of rotatable bonds is 7. The molecule has 0 radical (unpaired) electrons. The summed E-state index contributed by atoms with van der Waals surface area (Å²) in [4.78, 5) is 24.9. The number of thiophene rings is 1. The van der Waals surface area contributed by atoms with Gasteiger partial charge in [-0.25, -0.2) is 4.79 Å². The molecular weight excluding hydrogens is 316 g/mol. The van der Waals surface area contributed by atoms with Gasteiger partial charge in [-0.2, -0.15) is 0 Å². The first-order valence-corrected chi connectivity index (χ1v) is 7.62.